The highest BCUT2D eigenvalue weighted by Crippen LogP contribution is 2.28. The topological polar surface area (TPSA) is 108 Å². The van der Waals surface area contributed by atoms with Crippen LogP contribution in [-0.4, -0.2) is 30.5 Å². The summed E-state index contributed by atoms with van der Waals surface area (Å²) in [6.45, 7) is -0.581. The zero-order valence-corrected chi connectivity index (χ0v) is 16.0. The Morgan fingerprint density at radius 1 is 0.967 bits per heavy atom. The van der Waals surface area contributed by atoms with Crippen molar-refractivity contribution in [3.05, 3.63) is 88.5 Å². The van der Waals surface area contributed by atoms with Gasteiger partial charge in [0.25, 0.3) is 11.6 Å². The van der Waals surface area contributed by atoms with E-state index in [1.807, 2.05) is 30.3 Å². The molecule has 30 heavy (non-hydrogen) atoms. The molecule has 0 radical (unpaired) electrons. The van der Waals surface area contributed by atoms with E-state index in [0.29, 0.717) is 0 Å². The molecule has 0 fully saturated rings. The van der Waals surface area contributed by atoms with Gasteiger partial charge in [0.15, 0.2) is 6.61 Å². The van der Waals surface area contributed by atoms with Crippen molar-refractivity contribution < 1.29 is 24.0 Å². The first-order valence-electron chi connectivity index (χ1n) is 8.93. The summed E-state index contributed by atoms with van der Waals surface area (Å²) >= 11 is 0. The molecule has 1 N–H and O–H groups in total. The van der Waals surface area contributed by atoms with Gasteiger partial charge in [0.05, 0.1) is 23.7 Å². The maximum Gasteiger partial charge on any atom is 0.338 e. The first kappa shape index (κ1) is 20.5. The number of amides is 1. The second-order valence-corrected chi connectivity index (χ2v) is 6.21. The molecule has 3 rings (SSSR count). The molecule has 0 bridgehead atoms. The SMILES string of the molecule is COc1ccc(NC(=O)COC(=O)c2ccc(-c3ccccc3)cc2)c([N+](=O)[O-])c1. The van der Waals surface area contributed by atoms with Gasteiger partial charge in [0.2, 0.25) is 0 Å². The Morgan fingerprint density at radius 3 is 2.27 bits per heavy atom. The zero-order chi connectivity index (χ0) is 21.5. The molecular formula is C22H18N2O6. The van der Waals surface area contributed by atoms with Gasteiger partial charge in [-0.15, -0.1) is 0 Å². The lowest BCUT2D eigenvalue weighted by Crippen LogP contribution is -2.21. The molecule has 0 aromatic heterocycles. The second-order valence-electron chi connectivity index (χ2n) is 6.21. The molecule has 0 saturated carbocycles. The van der Waals surface area contributed by atoms with E-state index < -0.39 is 23.4 Å². The summed E-state index contributed by atoms with van der Waals surface area (Å²) in [7, 11) is 1.38. The molecule has 152 valence electrons. The number of carbonyl (C=O) groups excluding carboxylic acids is 2. The lowest BCUT2D eigenvalue weighted by atomic mass is 10.0. The van der Waals surface area contributed by atoms with Gasteiger partial charge in [-0.25, -0.2) is 4.79 Å². The van der Waals surface area contributed by atoms with Crippen LogP contribution in [0.3, 0.4) is 0 Å². The highest BCUT2D eigenvalue weighted by Gasteiger charge is 2.18. The van der Waals surface area contributed by atoms with E-state index in [9.17, 15) is 19.7 Å². The quantitative estimate of drug-likeness (QED) is 0.360. The van der Waals surface area contributed by atoms with Crippen molar-refractivity contribution in [2.45, 2.75) is 0 Å². The van der Waals surface area contributed by atoms with Gasteiger partial charge in [0, 0.05) is 0 Å². The predicted molar refractivity (Wildman–Crippen MR) is 110 cm³/mol. The maximum absolute atomic E-state index is 12.2. The fraction of sp³-hybridized carbons (Fsp3) is 0.0909. The third-order valence-electron chi connectivity index (χ3n) is 4.24. The molecule has 0 aliphatic heterocycles. The number of hydrogen-bond donors (Lipinski definition) is 1. The van der Waals surface area contributed by atoms with E-state index in [4.69, 9.17) is 9.47 Å². The molecule has 8 heteroatoms. The summed E-state index contributed by atoms with van der Waals surface area (Å²) < 4.78 is 9.95. The van der Waals surface area contributed by atoms with Gasteiger partial charge in [-0.3, -0.25) is 14.9 Å². The molecule has 0 aliphatic rings. The molecule has 0 unspecified atom stereocenters. The molecular weight excluding hydrogens is 388 g/mol. The van der Waals surface area contributed by atoms with Crippen LogP contribution in [-0.2, 0) is 9.53 Å². The van der Waals surface area contributed by atoms with E-state index in [-0.39, 0.29) is 22.7 Å². The number of nitro benzene ring substituents is 1. The molecule has 1 amide bonds. The van der Waals surface area contributed by atoms with Crippen molar-refractivity contribution in [3.63, 3.8) is 0 Å². The number of hydrogen-bond acceptors (Lipinski definition) is 6. The smallest absolute Gasteiger partial charge is 0.338 e. The summed E-state index contributed by atoms with van der Waals surface area (Å²) in [6.07, 6.45) is 0. The number of benzene rings is 3. The van der Waals surface area contributed by atoms with Crippen LogP contribution in [0.25, 0.3) is 11.1 Å². The number of rotatable bonds is 7. The van der Waals surface area contributed by atoms with Gasteiger partial charge in [-0.05, 0) is 35.4 Å². The van der Waals surface area contributed by atoms with Gasteiger partial charge in [-0.1, -0.05) is 42.5 Å². The van der Waals surface area contributed by atoms with Crippen molar-refractivity contribution in [2.24, 2.45) is 0 Å². The van der Waals surface area contributed by atoms with Crippen molar-refractivity contribution in [3.8, 4) is 16.9 Å². The molecule has 3 aromatic carbocycles. The maximum atomic E-state index is 12.2. The van der Waals surface area contributed by atoms with Crippen LogP contribution < -0.4 is 10.1 Å². The molecule has 0 spiro atoms. The van der Waals surface area contributed by atoms with E-state index in [2.05, 4.69) is 5.32 Å². The van der Waals surface area contributed by atoms with Crippen molar-refractivity contribution in [2.75, 3.05) is 19.0 Å². The summed E-state index contributed by atoms with van der Waals surface area (Å²) in [5, 5.41) is 13.5. The van der Waals surface area contributed by atoms with Crippen LogP contribution in [0.5, 0.6) is 5.75 Å². The predicted octanol–water partition coefficient (Wildman–Crippen LogP) is 4.07. The summed E-state index contributed by atoms with van der Waals surface area (Å²) in [4.78, 5) is 34.8. The molecule has 0 aliphatic carbocycles. The van der Waals surface area contributed by atoms with Gasteiger partial charge in [0.1, 0.15) is 11.4 Å². The minimum Gasteiger partial charge on any atom is -0.496 e. The molecule has 0 heterocycles. The average molecular weight is 406 g/mol. The Morgan fingerprint density at radius 2 is 1.63 bits per heavy atom. The van der Waals surface area contributed by atoms with Gasteiger partial charge in [-0.2, -0.15) is 0 Å². The van der Waals surface area contributed by atoms with Crippen molar-refractivity contribution in [1.82, 2.24) is 0 Å². The van der Waals surface area contributed by atoms with Crippen molar-refractivity contribution >= 4 is 23.3 Å². The van der Waals surface area contributed by atoms with E-state index in [1.165, 1.54) is 25.3 Å². The Bertz CT molecular complexity index is 1060. The molecule has 8 nitrogen and oxygen atoms in total. The fourth-order valence-electron chi connectivity index (χ4n) is 2.73. The molecule has 0 atom stereocenters. The third-order valence-corrected chi connectivity index (χ3v) is 4.24. The summed E-state index contributed by atoms with van der Waals surface area (Å²) in [6, 6.07) is 20.5. The lowest BCUT2D eigenvalue weighted by molar-refractivity contribution is -0.384. The minimum atomic E-state index is -0.697. The highest BCUT2D eigenvalue weighted by atomic mass is 16.6. The number of ether oxygens (including phenoxy) is 2. The number of methoxy groups -OCH3 is 1. The number of nitrogens with zero attached hydrogens (tertiary/aromatic N) is 1. The largest absolute Gasteiger partial charge is 0.496 e. The second kappa shape index (κ2) is 9.33. The van der Waals surface area contributed by atoms with Crippen LogP contribution in [0.2, 0.25) is 0 Å². The Balaban J connectivity index is 1.60. The van der Waals surface area contributed by atoms with Crippen LogP contribution >= 0.6 is 0 Å². The van der Waals surface area contributed by atoms with E-state index in [1.54, 1.807) is 24.3 Å². The number of nitro groups is 1. The normalized spacial score (nSPS) is 10.2. The molecule has 3 aromatic rings. The average Bonchev–Trinajstić information content (AvgIpc) is 2.78. The Kier molecular flexibility index (Phi) is 6.39. The number of nitrogens with one attached hydrogen (secondary N) is 1. The van der Waals surface area contributed by atoms with Crippen LogP contribution in [0.15, 0.2) is 72.8 Å². The van der Waals surface area contributed by atoms with Crippen LogP contribution in [0, 0.1) is 10.1 Å². The Labute approximate surface area is 172 Å². The first-order valence-corrected chi connectivity index (χ1v) is 8.93. The monoisotopic (exact) mass is 406 g/mol. The Hall–Kier alpha value is -4.20. The summed E-state index contributed by atoms with van der Waals surface area (Å²) in [5.41, 5.74) is 1.90. The zero-order valence-electron chi connectivity index (χ0n) is 16.0. The van der Waals surface area contributed by atoms with Crippen molar-refractivity contribution in [1.29, 1.82) is 0 Å². The van der Waals surface area contributed by atoms with E-state index in [0.717, 1.165) is 11.1 Å². The number of esters is 1. The number of carbonyl (C=O) groups is 2. The molecule has 0 saturated heterocycles. The van der Waals surface area contributed by atoms with Crippen LogP contribution in [0.4, 0.5) is 11.4 Å². The highest BCUT2D eigenvalue weighted by molar-refractivity contribution is 5.97. The summed E-state index contributed by atoms with van der Waals surface area (Å²) in [5.74, 6) is -1.09. The van der Waals surface area contributed by atoms with Crippen LogP contribution in [0.1, 0.15) is 10.4 Å². The third kappa shape index (κ3) is 4.99. The van der Waals surface area contributed by atoms with E-state index >= 15 is 0 Å². The van der Waals surface area contributed by atoms with Gasteiger partial charge < -0.3 is 14.8 Å². The minimum absolute atomic E-state index is 0.0194. The van der Waals surface area contributed by atoms with Gasteiger partial charge >= 0.3 is 5.97 Å². The lowest BCUT2D eigenvalue weighted by Gasteiger charge is -2.09. The fourth-order valence-corrected chi connectivity index (χ4v) is 2.73. The first-order chi connectivity index (χ1) is 14.5. The number of anilines is 1. The standard InChI is InChI=1S/C22H18N2O6/c1-29-18-11-12-19(20(13-18)24(27)28)23-21(25)14-30-22(26)17-9-7-16(8-10-17)15-5-3-2-4-6-15/h2-13H,14H2,1H3,(H,23,25).